The van der Waals surface area contributed by atoms with Crippen LogP contribution in [0.1, 0.15) is 24.7 Å². The van der Waals surface area contributed by atoms with Crippen LogP contribution in [-0.2, 0) is 0 Å². The summed E-state index contributed by atoms with van der Waals surface area (Å²) in [6, 6.07) is 0. The Morgan fingerprint density at radius 2 is 1.87 bits per heavy atom. The van der Waals surface area contributed by atoms with Gasteiger partial charge >= 0.3 is 0 Å². The summed E-state index contributed by atoms with van der Waals surface area (Å²) in [7, 11) is 0. The van der Waals surface area contributed by atoms with Crippen molar-refractivity contribution in [2.75, 3.05) is 24.5 Å². The summed E-state index contributed by atoms with van der Waals surface area (Å²) in [5.74, 6) is 0.686. The van der Waals surface area contributed by atoms with Gasteiger partial charge in [0, 0.05) is 19.6 Å². The maximum atomic E-state index is 5.55. The van der Waals surface area contributed by atoms with Gasteiger partial charge < -0.3 is 10.6 Å². The average Bonchev–Trinajstić information content (AvgIpc) is 2.22. The van der Waals surface area contributed by atoms with Gasteiger partial charge in [0.15, 0.2) is 0 Å². The van der Waals surface area contributed by atoms with Crippen LogP contribution in [0, 0.1) is 13.8 Å². The molecule has 84 valence electrons. The second kappa shape index (κ2) is 5.60. The summed E-state index contributed by atoms with van der Waals surface area (Å²) >= 11 is 0. The molecule has 0 spiro atoms. The van der Waals surface area contributed by atoms with Crippen molar-refractivity contribution in [1.82, 2.24) is 15.2 Å². The zero-order valence-corrected chi connectivity index (χ0v) is 9.69. The number of anilines is 1. The lowest BCUT2D eigenvalue weighted by Crippen LogP contribution is -2.32. The van der Waals surface area contributed by atoms with Crippen molar-refractivity contribution in [3.8, 4) is 0 Å². The van der Waals surface area contributed by atoms with Crippen LogP contribution in [0.5, 0.6) is 0 Å². The minimum Gasteiger partial charge on any atom is -0.338 e. The maximum absolute atomic E-state index is 5.55. The normalized spacial score (nSPS) is 10.4. The van der Waals surface area contributed by atoms with Gasteiger partial charge in [-0.1, -0.05) is 6.92 Å². The van der Waals surface area contributed by atoms with Crippen LogP contribution >= 0.6 is 0 Å². The highest BCUT2D eigenvalue weighted by molar-refractivity contribution is 5.29. The summed E-state index contributed by atoms with van der Waals surface area (Å²) in [6.07, 6.45) is 1.05. The van der Waals surface area contributed by atoms with Crippen molar-refractivity contribution in [1.29, 1.82) is 0 Å². The lowest BCUT2D eigenvalue weighted by atomic mass is 10.4. The van der Waals surface area contributed by atoms with Gasteiger partial charge in [0.2, 0.25) is 5.95 Å². The van der Waals surface area contributed by atoms with Crippen LogP contribution in [-0.4, -0.2) is 34.8 Å². The third kappa shape index (κ3) is 3.13. The molecule has 0 aromatic carbocycles. The standard InChI is InChI=1S/C10H19N5/c1-4-6-15(7-5-11)10-12-8(2)9(3)13-14-10/h4-7,11H2,1-3H3. The average molecular weight is 209 g/mol. The lowest BCUT2D eigenvalue weighted by Gasteiger charge is -2.20. The molecule has 1 aromatic rings. The van der Waals surface area contributed by atoms with E-state index >= 15 is 0 Å². The van der Waals surface area contributed by atoms with Crippen molar-refractivity contribution < 1.29 is 0 Å². The molecule has 0 unspecified atom stereocenters. The number of rotatable bonds is 5. The van der Waals surface area contributed by atoms with Gasteiger partial charge in [-0.05, 0) is 20.3 Å². The van der Waals surface area contributed by atoms with Gasteiger partial charge in [0.1, 0.15) is 0 Å². The number of nitrogens with two attached hydrogens (primary N) is 1. The Labute approximate surface area is 90.7 Å². The fraction of sp³-hybridized carbons (Fsp3) is 0.700. The van der Waals surface area contributed by atoms with Crippen molar-refractivity contribution in [3.63, 3.8) is 0 Å². The molecular formula is C10H19N5. The lowest BCUT2D eigenvalue weighted by molar-refractivity contribution is 0.716. The fourth-order valence-electron chi connectivity index (χ4n) is 1.32. The molecule has 0 aliphatic rings. The summed E-state index contributed by atoms with van der Waals surface area (Å²) in [5.41, 5.74) is 7.35. The maximum Gasteiger partial charge on any atom is 0.245 e. The van der Waals surface area contributed by atoms with Crippen LogP contribution in [0.15, 0.2) is 0 Å². The topological polar surface area (TPSA) is 67.9 Å². The summed E-state index contributed by atoms with van der Waals surface area (Å²) in [4.78, 5) is 6.48. The van der Waals surface area contributed by atoms with Gasteiger partial charge in [0.05, 0.1) is 11.4 Å². The zero-order valence-electron chi connectivity index (χ0n) is 9.69. The Morgan fingerprint density at radius 1 is 1.13 bits per heavy atom. The molecule has 5 nitrogen and oxygen atoms in total. The van der Waals surface area contributed by atoms with E-state index in [1.807, 2.05) is 13.8 Å². The van der Waals surface area contributed by atoms with E-state index in [2.05, 4.69) is 27.0 Å². The van der Waals surface area contributed by atoms with Crippen molar-refractivity contribution in [2.45, 2.75) is 27.2 Å². The summed E-state index contributed by atoms with van der Waals surface area (Å²) in [5, 5.41) is 8.15. The number of hydrogen-bond donors (Lipinski definition) is 1. The van der Waals surface area contributed by atoms with Gasteiger partial charge in [-0.25, -0.2) is 4.98 Å². The van der Waals surface area contributed by atoms with Gasteiger partial charge in [-0.3, -0.25) is 0 Å². The molecule has 1 aromatic heterocycles. The highest BCUT2D eigenvalue weighted by Crippen LogP contribution is 2.08. The van der Waals surface area contributed by atoms with Crippen LogP contribution in [0.3, 0.4) is 0 Å². The largest absolute Gasteiger partial charge is 0.338 e. The first kappa shape index (κ1) is 11.8. The molecule has 0 fully saturated rings. The Bertz CT molecular complexity index is 307. The molecule has 0 aliphatic heterocycles. The second-order valence-corrected chi connectivity index (χ2v) is 3.56. The molecule has 0 saturated heterocycles. The van der Waals surface area contributed by atoms with E-state index in [1.54, 1.807) is 0 Å². The van der Waals surface area contributed by atoms with E-state index in [1.165, 1.54) is 0 Å². The van der Waals surface area contributed by atoms with E-state index in [0.717, 1.165) is 30.9 Å². The van der Waals surface area contributed by atoms with Gasteiger partial charge in [-0.15, -0.1) is 5.10 Å². The first-order valence-corrected chi connectivity index (χ1v) is 5.32. The molecule has 0 radical (unpaired) electrons. The van der Waals surface area contributed by atoms with Crippen molar-refractivity contribution in [2.24, 2.45) is 5.73 Å². The van der Waals surface area contributed by atoms with E-state index in [4.69, 9.17) is 5.73 Å². The first-order valence-electron chi connectivity index (χ1n) is 5.32. The molecule has 0 amide bonds. The van der Waals surface area contributed by atoms with Crippen LogP contribution < -0.4 is 10.6 Å². The molecule has 1 heterocycles. The Kier molecular flexibility index (Phi) is 4.42. The smallest absolute Gasteiger partial charge is 0.245 e. The van der Waals surface area contributed by atoms with E-state index in [0.29, 0.717) is 12.5 Å². The minimum atomic E-state index is 0.607. The predicted molar refractivity (Wildman–Crippen MR) is 60.9 cm³/mol. The molecule has 0 atom stereocenters. The van der Waals surface area contributed by atoms with E-state index in [-0.39, 0.29) is 0 Å². The number of aryl methyl sites for hydroxylation is 2. The second-order valence-electron chi connectivity index (χ2n) is 3.56. The molecule has 1 rings (SSSR count). The molecule has 5 heteroatoms. The zero-order chi connectivity index (χ0) is 11.3. The van der Waals surface area contributed by atoms with Crippen LogP contribution in [0.2, 0.25) is 0 Å². The number of hydrogen-bond acceptors (Lipinski definition) is 5. The molecule has 2 N–H and O–H groups in total. The van der Waals surface area contributed by atoms with Crippen LogP contribution in [0.4, 0.5) is 5.95 Å². The molecule has 0 bridgehead atoms. The SMILES string of the molecule is CCCN(CCN)c1nnc(C)c(C)n1. The summed E-state index contributed by atoms with van der Waals surface area (Å²) in [6.45, 7) is 8.28. The fourth-order valence-corrected chi connectivity index (χ4v) is 1.32. The minimum absolute atomic E-state index is 0.607. The third-order valence-corrected chi connectivity index (χ3v) is 2.26. The monoisotopic (exact) mass is 209 g/mol. The van der Waals surface area contributed by atoms with Gasteiger partial charge in [0.25, 0.3) is 0 Å². The number of nitrogens with zero attached hydrogens (tertiary/aromatic N) is 4. The van der Waals surface area contributed by atoms with E-state index < -0.39 is 0 Å². The highest BCUT2D eigenvalue weighted by Gasteiger charge is 2.09. The predicted octanol–water partition coefficient (Wildman–Crippen LogP) is 0.664. The molecular weight excluding hydrogens is 190 g/mol. The molecule has 15 heavy (non-hydrogen) atoms. The summed E-state index contributed by atoms with van der Waals surface area (Å²) < 4.78 is 0. The Morgan fingerprint density at radius 3 is 2.40 bits per heavy atom. The highest BCUT2D eigenvalue weighted by atomic mass is 15.3. The Hall–Kier alpha value is -1.23. The first-order chi connectivity index (χ1) is 7.19. The molecule has 0 saturated carbocycles. The van der Waals surface area contributed by atoms with E-state index in [9.17, 15) is 0 Å². The third-order valence-electron chi connectivity index (χ3n) is 2.26. The van der Waals surface area contributed by atoms with Crippen molar-refractivity contribution in [3.05, 3.63) is 11.4 Å². The van der Waals surface area contributed by atoms with Crippen LogP contribution in [0.25, 0.3) is 0 Å². The van der Waals surface area contributed by atoms with Gasteiger partial charge in [-0.2, -0.15) is 5.10 Å². The number of aromatic nitrogens is 3. The molecule has 0 aliphatic carbocycles. The Balaban J connectivity index is 2.85. The quantitative estimate of drug-likeness (QED) is 0.771. The van der Waals surface area contributed by atoms with Crippen molar-refractivity contribution >= 4 is 5.95 Å².